The van der Waals surface area contributed by atoms with Gasteiger partial charge >= 0.3 is 11.4 Å². The zero-order chi connectivity index (χ0) is 12.4. The standard InChI is InChI=1S/C13H15NO3/c1-3-9(2)8-14-11-7-5-4-6-10(11)12(15)17-13(14)16/h4-7,9H,3,8H2,1-2H3. The van der Waals surface area contributed by atoms with Crippen LogP contribution in [0.15, 0.2) is 38.3 Å². The van der Waals surface area contributed by atoms with Gasteiger partial charge in [-0.05, 0) is 18.1 Å². The molecule has 90 valence electrons. The molecule has 0 radical (unpaired) electrons. The van der Waals surface area contributed by atoms with Gasteiger partial charge in [-0.3, -0.25) is 4.57 Å². The van der Waals surface area contributed by atoms with Crippen molar-refractivity contribution in [3.63, 3.8) is 0 Å². The number of benzene rings is 1. The van der Waals surface area contributed by atoms with Gasteiger partial charge < -0.3 is 4.42 Å². The van der Waals surface area contributed by atoms with E-state index >= 15 is 0 Å². The molecule has 0 amide bonds. The number of hydrogen-bond acceptors (Lipinski definition) is 3. The molecule has 0 bridgehead atoms. The van der Waals surface area contributed by atoms with Crippen molar-refractivity contribution < 1.29 is 4.42 Å². The van der Waals surface area contributed by atoms with Crippen LogP contribution in [0.3, 0.4) is 0 Å². The Labute approximate surface area is 98.5 Å². The maximum atomic E-state index is 11.7. The Morgan fingerprint density at radius 1 is 1.29 bits per heavy atom. The van der Waals surface area contributed by atoms with Crippen molar-refractivity contribution in [3.8, 4) is 0 Å². The maximum absolute atomic E-state index is 11.7. The minimum absolute atomic E-state index is 0.365. The van der Waals surface area contributed by atoms with Crippen LogP contribution < -0.4 is 11.4 Å². The van der Waals surface area contributed by atoms with Crippen molar-refractivity contribution in [1.29, 1.82) is 0 Å². The van der Waals surface area contributed by atoms with Crippen LogP contribution in [0.2, 0.25) is 0 Å². The highest BCUT2D eigenvalue weighted by molar-refractivity contribution is 5.77. The molecular weight excluding hydrogens is 218 g/mol. The Hall–Kier alpha value is -1.84. The summed E-state index contributed by atoms with van der Waals surface area (Å²) in [5.74, 6) is -0.210. The lowest BCUT2D eigenvalue weighted by Gasteiger charge is -2.12. The molecule has 1 aromatic carbocycles. The van der Waals surface area contributed by atoms with Gasteiger partial charge in [0.2, 0.25) is 0 Å². The molecule has 1 unspecified atom stereocenters. The average molecular weight is 233 g/mol. The van der Waals surface area contributed by atoms with Gasteiger partial charge in [0.05, 0.1) is 10.9 Å². The predicted molar refractivity (Wildman–Crippen MR) is 66.2 cm³/mol. The fourth-order valence-electron chi connectivity index (χ4n) is 1.78. The summed E-state index contributed by atoms with van der Waals surface area (Å²) >= 11 is 0. The summed E-state index contributed by atoms with van der Waals surface area (Å²) in [6, 6.07) is 7.02. The van der Waals surface area contributed by atoms with E-state index < -0.39 is 11.4 Å². The van der Waals surface area contributed by atoms with Crippen LogP contribution in [0.5, 0.6) is 0 Å². The van der Waals surface area contributed by atoms with E-state index in [2.05, 4.69) is 13.8 Å². The Morgan fingerprint density at radius 3 is 2.71 bits per heavy atom. The first kappa shape index (κ1) is 11.6. The third-order valence-corrected chi connectivity index (χ3v) is 3.01. The predicted octanol–water partition coefficient (Wildman–Crippen LogP) is 2.00. The first-order chi connectivity index (χ1) is 8.13. The minimum atomic E-state index is -0.575. The fraction of sp³-hybridized carbons (Fsp3) is 0.385. The molecule has 0 aliphatic rings. The maximum Gasteiger partial charge on any atom is 0.422 e. The SMILES string of the molecule is CCC(C)Cn1c(=O)oc(=O)c2ccccc21. The summed E-state index contributed by atoms with van der Waals surface area (Å²) in [4.78, 5) is 23.2. The van der Waals surface area contributed by atoms with Crippen molar-refractivity contribution in [2.45, 2.75) is 26.8 Å². The van der Waals surface area contributed by atoms with E-state index in [0.717, 1.165) is 6.42 Å². The summed E-state index contributed by atoms with van der Waals surface area (Å²) in [7, 11) is 0. The number of para-hydroxylation sites is 1. The Bertz CT molecular complexity index is 639. The first-order valence-electron chi connectivity index (χ1n) is 5.76. The van der Waals surface area contributed by atoms with E-state index in [0.29, 0.717) is 23.4 Å². The van der Waals surface area contributed by atoms with Gasteiger partial charge in [-0.2, -0.15) is 0 Å². The molecule has 0 aliphatic carbocycles. The smallest absolute Gasteiger partial charge is 0.372 e. The second-order valence-electron chi connectivity index (χ2n) is 4.30. The van der Waals surface area contributed by atoms with Gasteiger partial charge in [-0.25, -0.2) is 9.59 Å². The van der Waals surface area contributed by atoms with Gasteiger partial charge in [-0.15, -0.1) is 0 Å². The van der Waals surface area contributed by atoms with Crippen molar-refractivity contribution >= 4 is 10.9 Å². The quantitative estimate of drug-likeness (QED) is 0.814. The molecule has 0 aliphatic heterocycles. The summed E-state index contributed by atoms with van der Waals surface area (Å²) < 4.78 is 6.25. The molecule has 4 heteroatoms. The number of hydrogen-bond donors (Lipinski definition) is 0. The molecule has 4 nitrogen and oxygen atoms in total. The fourth-order valence-corrected chi connectivity index (χ4v) is 1.78. The Balaban J connectivity index is 2.70. The number of aromatic nitrogens is 1. The van der Waals surface area contributed by atoms with E-state index in [1.54, 1.807) is 18.2 Å². The van der Waals surface area contributed by atoms with Gasteiger partial charge in [0, 0.05) is 6.54 Å². The lowest BCUT2D eigenvalue weighted by atomic mass is 10.1. The van der Waals surface area contributed by atoms with Crippen LogP contribution in [-0.4, -0.2) is 4.57 Å². The zero-order valence-corrected chi connectivity index (χ0v) is 9.97. The molecule has 0 N–H and O–H groups in total. The number of rotatable bonds is 3. The minimum Gasteiger partial charge on any atom is -0.372 e. The number of nitrogens with zero attached hydrogens (tertiary/aromatic N) is 1. The summed E-state index contributed by atoms with van der Waals surface area (Å²) in [6.07, 6.45) is 0.972. The second kappa shape index (κ2) is 4.57. The van der Waals surface area contributed by atoms with Crippen molar-refractivity contribution in [2.75, 3.05) is 0 Å². The van der Waals surface area contributed by atoms with Gasteiger partial charge in [0.25, 0.3) is 0 Å². The van der Waals surface area contributed by atoms with Crippen molar-refractivity contribution in [2.24, 2.45) is 5.92 Å². The third-order valence-electron chi connectivity index (χ3n) is 3.01. The molecule has 1 aromatic heterocycles. The monoisotopic (exact) mass is 233 g/mol. The lowest BCUT2D eigenvalue weighted by molar-refractivity contribution is 0.379. The van der Waals surface area contributed by atoms with Gasteiger partial charge in [-0.1, -0.05) is 32.4 Å². The molecule has 0 saturated carbocycles. The zero-order valence-electron chi connectivity index (χ0n) is 9.97. The summed E-state index contributed by atoms with van der Waals surface area (Å²) in [6.45, 7) is 4.70. The van der Waals surface area contributed by atoms with Crippen LogP contribution in [-0.2, 0) is 6.54 Å². The molecular formula is C13H15NO3. The van der Waals surface area contributed by atoms with Gasteiger partial charge in [0.1, 0.15) is 0 Å². The van der Waals surface area contributed by atoms with Crippen molar-refractivity contribution in [1.82, 2.24) is 4.57 Å². The van der Waals surface area contributed by atoms with E-state index in [1.807, 2.05) is 6.07 Å². The number of fused-ring (bicyclic) bond motifs is 1. The third kappa shape index (κ3) is 2.16. The highest BCUT2D eigenvalue weighted by atomic mass is 16.4. The molecule has 1 atom stereocenters. The Kier molecular flexibility index (Phi) is 3.13. The van der Waals surface area contributed by atoms with Crippen molar-refractivity contribution in [3.05, 3.63) is 45.2 Å². The Morgan fingerprint density at radius 2 is 2.00 bits per heavy atom. The highest BCUT2D eigenvalue weighted by Crippen LogP contribution is 2.10. The lowest BCUT2D eigenvalue weighted by Crippen LogP contribution is -2.27. The van der Waals surface area contributed by atoms with E-state index in [9.17, 15) is 9.59 Å². The van der Waals surface area contributed by atoms with Crippen LogP contribution in [0.25, 0.3) is 10.9 Å². The van der Waals surface area contributed by atoms with E-state index in [4.69, 9.17) is 4.42 Å². The second-order valence-corrected chi connectivity index (χ2v) is 4.30. The normalized spacial score (nSPS) is 12.8. The molecule has 0 saturated heterocycles. The van der Waals surface area contributed by atoms with Crippen LogP contribution in [0, 0.1) is 5.92 Å². The molecule has 2 rings (SSSR count). The topological polar surface area (TPSA) is 52.2 Å². The summed E-state index contributed by atoms with van der Waals surface area (Å²) in [5, 5.41) is 0.454. The van der Waals surface area contributed by atoms with Crippen LogP contribution >= 0.6 is 0 Å². The molecule has 1 heterocycles. The first-order valence-corrected chi connectivity index (χ1v) is 5.76. The molecule has 0 fully saturated rings. The largest absolute Gasteiger partial charge is 0.422 e. The molecule has 2 aromatic rings. The highest BCUT2D eigenvalue weighted by Gasteiger charge is 2.10. The molecule has 0 spiro atoms. The summed E-state index contributed by atoms with van der Waals surface area (Å²) in [5.41, 5.74) is 0.0834. The van der Waals surface area contributed by atoms with Crippen LogP contribution in [0.1, 0.15) is 20.3 Å². The van der Waals surface area contributed by atoms with E-state index in [-0.39, 0.29) is 0 Å². The average Bonchev–Trinajstić information content (AvgIpc) is 2.34. The molecule has 17 heavy (non-hydrogen) atoms. The van der Waals surface area contributed by atoms with Crippen LogP contribution in [0.4, 0.5) is 0 Å². The van der Waals surface area contributed by atoms with E-state index in [1.165, 1.54) is 4.57 Å². The van der Waals surface area contributed by atoms with Gasteiger partial charge in [0.15, 0.2) is 0 Å².